The maximum absolute atomic E-state index is 10.9. The number of halogens is 1. The van der Waals surface area contributed by atoms with Gasteiger partial charge in [0.15, 0.2) is 5.78 Å². The van der Waals surface area contributed by atoms with Crippen LogP contribution in [0.15, 0.2) is 0 Å². The van der Waals surface area contributed by atoms with Gasteiger partial charge in [-0.15, -0.1) is 12.4 Å². The Kier molecular flexibility index (Phi) is 4.60. The van der Waals surface area contributed by atoms with Gasteiger partial charge in [0.2, 0.25) is 0 Å². The van der Waals surface area contributed by atoms with Gasteiger partial charge in [-0.1, -0.05) is 0 Å². The van der Waals surface area contributed by atoms with Crippen molar-refractivity contribution < 1.29 is 9.53 Å². The monoisotopic (exact) mass is 165 g/mol. The number of methoxy groups -OCH3 is 1. The summed E-state index contributed by atoms with van der Waals surface area (Å²) in [5.74, 6) is 0.219. The number of piperidine rings is 1. The molecule has 0 spiro atoms. The maximum atomic E-state index is 10.9. The predicted molar refractivity (Wildman–Crippen MR) is 40.5 cm³/mol. The smallest absolute Gasteiger partial charge is 0.164 e. The zero-order chi connectivity index (χ0) is 6.69. The van der Waals surface area contributed by atoms with Crippen LogP contribution < -0.4 is 5.32 Å². The molecule has 1 saturated heterocycles. The van der Waals surface area contributed by atoms with Crippen LogP contribution in [0.3, 0.4) is 0 Å². The lowest BCUT2D eigenvalue weighted by molar-refractivity contribution is -0.130. The highest BCUT2D eigenvalue weighted by Crippen LogP contribution is 1.99. The Morgan fingerprint density at radius 3 is 2.80 bits per heavy atom. The number of nitrogens with one attached hydrogen (secondary N) is 1. The van der Waals surface area contributed by atoms with Crippen LogP contribution in [-0.4, -0.2) is 32.1 Å². The minimum atomic E-state index is -0.196. The van der Waals surface area contributed by atoms with Crippen LogP contribution >= 0.6 is 12.4 Å². The molecule has 0 aromatic heterocycles. The number of carbonyl (C=O) groups excluding carboxylic acids is 1. The summed E-state index contributed by atoms with van der Waals surface area (Å²) >= 11 is 0. The summed E-state index contributed by atoms with van der Waals surface area (Å²) in [4.78, 5) is 10.9. The first kappa shape index (κ1) is 9.88. The molecule has 0 aromatic rings. The second-order valence-electron chi connectivity index (χ2n) is 2.14. The zero-order valence-electron chi connectivity index (χ0n) is 5.92. The van der Waals surface area contributed by atoms with Crippen LogP contribution in [-0.2, 0) is 9.53 Å². The van der Waals surface area contributed by atoms with Crippen LogP contribution in [0, 0.1) is 0 Å². The summed E-state index contributed by atoms with van der Waals surface area (Å²) in [6.45, 7) is 1.48. The number of carbonyl (C=O) groups is 1. The van der Waals surface area contributed by atoms with Gasteiger partial charge < -0.3 is 10.1 Å². The van der Waals surface area contributed by atoms with Gasteiger partial charge in [0, 0.05) is 26.6 Å². The molecule has 0 bridgehead atoms. The highest BCUT2D eigenvalue weighted by atomic mass is 35.5. The second-order valence-corrected chi connectivity index (χ2v) is 2.14. The molecule has 0 amide bonds. The van der Waals surface area contributed by atoms with E-state index in [1.165, 1.54) is 0 Å². The van der Waals surface area contributed by atoms with Crippen molar-refractivity contribution in [3.8, 4) is 0 Å². The van der Waals surface area contributed by atoms with Gasteiger partial charge in [0.25, 0.3) is 0 Å². The Bertz CT molecular complexity index is 118. The molecule has 1 aliphatic heterocycles. The quantitative estimate of drug-likeness (QED) is 0.594. The van der Waals surface area contributed by atoms with Crippen LogP contribution in [0.1, 0.15) is 6.42 Å². The fourth-order valence-corrected chi connectivity index (χ4v) is 0.934. The lowest BCUT2D eigenvalue weighted by atomic mass is 10.1. The van der Waals surface area contributed by atoms with E-state index in [1.807, 2.05) is 0 Å². The van der Waals surface area contributed by atoms with Crippen molar-refractivity contribution in [3.05, 3.63) is 0 Å². The van der Waals surface area contributed by atoms with E-state index in [0.717, 1.165) is 6.54 Å². The summed E-state index contributed by atoms with van der Waals surface area (Å²) in [6, 6.07) is 0. The van der Waals surface area contributed by atoms with Crippen molar-refractivity contribution in [1.29, 1.82) is 0 Å². The summed E-state index contributed by atoms with van der Waals surface area (Å²) in [7, 11) is 1.57. The number of ketones is 1. The van der Waals surface area contributed by atoms with Gasteiger partial charge in [-0.2, -0.15) is 0 Å². The van der Waals surface area contributed by atoms with Crippen LogP contribution in [0.25, 0.3) is 0 Å². The molecular weight excluding hydrogens is 154 g/mol. The third-order valence-electron chi connectivity index (χ3n) is 1.52. The van der Waals surface area contributed by atoms with E-state index < -0.39 is 0 Å². The average molecular weight is 166 g/mol. The lowest BCUT2D eigenvalue weighted by Crippen LogP contribution is -2.41. The van der Waals surface area contributed by atoms with Crippen molar-refractivity contribution >= 4 is 18.2 Å². The topological polar surface area (TPSA) is 38.3 Å². The van der Waals surface area contributed by atoms with E-state index in [4.69, 9.17) is 4.74 Å². The fraction of sp³-hybridized carbons (Fsp3) is 0.833. The van der Waals surface area contributed by atoms with E-state index in [2.05, 4.69) is 5.32 Å². The molecule has 0 saturated carbocycles. The molecule has 1 heterocycles. The van der Waals surface area contributed by atoms with Crippen molar-refractivity contribution in [2.24, 2.45) is 0 Å². The Hall–Kier alpha value is -0.120. The third-order valence-corrected chi connectivity index (χ3v) is 1.52. The Balaban J connectivity index is 0.000000810. The number of hydrogen-bond acceptors (Lipinski definition) is 3. The van der Waals surface area contributed by atoms with Crippen molar-refractivity contribution in [1.82, 2.24) is 5.32 Å². The highest BCUT2D eigenvalue weighted by molar-refractivity contribution is 5.85. The molecule has 3 nitrogen and oxygen atoms in total. The highest BCUT2D eigenvalue weighted by Gasteiger charge is 2.20. The number of rotatable bonds is 1. The molecule has 0 aromatic carbocycles. The van der Waals surface area contributed by atoms with Crippen LogP contribution in [0.2, 0.25) is 0 Å². The van der Waals surface area contributed by atoms with Crippen molar-refractivity contribution in [2.45, 2.75) is 12.5 Å². The van der Waals surface area contributed by atoms with Gasteiger partial charge in [-0.3, -0.25) is 4.79 Å². The van der Waals surface area contributed by atoms with E-state index in [-0.39, 0.29) is 24.3 Å². The molecule has 1 fully saturated rings. The van der Waals surface area contributed by atoms with E-state index in [9.17, 15) is 4.79 Å². The van der Waals surface area contributed by atoms with E-state index in [1.54, 1.807) is 7.11 Å². The Morgan fingerprint density at radius 2 is 2.40 bits per heavy atom. The minimum Gasteiger partial charge on any atom is -0.372 e. The average Bonchev–Trinajstić information content (AvgIpc) is 1.89. The molecule has 0 radical (unpaired) electrons. The predicted octanol–water partition coefficient (Wildman–Crippen LogP) is -0.0144. The minimum absolute atomic E-state index is 0. The van der Waals surface area contributed by atoms with Gasteiger partial charge in [0.1, 0.15) is 6.10 Å². The first-order chi connectivity index (χ1) is 4.34. The van der Waals surface area contributed by atoms with Gasteiger partial charge in [-0.05, 0) is 0 Å². The third kappa shape index (κ3) is 2.25. The summed E-state index contributed by atoms with van der Waals surface area (Å²) < 4.78 is 4.89. The van der Waals surface area contributed by atoms with E-state index >= 15 is 0 Å². The summed E-state index contributed by atoms with van der Waals surface area (Å²) in [5.41, 5.74) is 0. The molecule has 1 aliphatic rings. The SMILES string of the molecule is COC1CNCCC1=O.Cl. The second kappa shape index (κ2) is 4.66. The Morgan fingerprint density at radius 1 is 1.70 bits per heavy atom. The standard InChI is InChI=1S/C6H11NO2.ClH/c1-9-6-4-7-3-2-5(6)8;/h6-7H,2-4H2,1H3;1H. The molecule has 1 unspecified atom stereocenters. The van der Waals surface area contributed by atoms with Crippen LogP contribution in [0.5, 0.6) is 0 Å². The molecule has 1 N–H and O–H groups in total. The number of hydrogen-bond donors (Lipinski definition) is 1. The van der Waals surface area contributed by atoms with Crippen molar-refractivity contribution in [2.75, 3.05) is 20.2 Å². The molecular formula is C6H12ClNO2. The molecule has 60 valence electrons. The molecule has 0 aliphatic carbocycles. The zero-order valence-corrected chi connectivity index (χ0v) is 6.74. The van der Waals surface area contributed by atoms with Gasteiger partial charge in [0.05, 0.1) is 0 Å². The van der Waals surface area contributed by atoms with Crippen LogP contribution in [0.4, 0.5) is 0 Å². The summed E-state index contributed by atoms with van der Waals surface area (Å²) in [6.07, 6.45) is 0.414. The van der Waals surface area contributed by atoms with E-state index in [0.29, 0.717) is 13.0 Å². The molecule has 10 heavy (non-hydrogen) atoms. The first-order valence-electron chi connectivity index (χ1n) is 3.11. The maximum Gasteiger partial charge on any atom is 0.164 e. The molecule has 1 rings (SSSR count). The normalized spacial score (nSPS) is 25.7. The Labute approximate surface area is 66.5 Å². The number of ether oxygens (including phenoxy) is 1. The van der Waals surface area contributed by atoms with Gasteiger partial charge >= 0.3 is 0 Å². The van der Waals surface area contributed by atoms with Crippen molar-refractivity contribution in [3.63, 3.8) is 0 Å². The van der Waals surface area contributed by atoms with Gasteiger partial charge in [-0.25, -0.2) is 0 Å². The largest absolute Gasteiger partial charge is 0.372 e. The fourth-order valence-electron chi connectivity index (χ4n) is 0.934. The molecule has 1 atom stereocenters. The lowest BCUT2D eigenvalue weighted by Gasteiger charge is -2.19. The first-order valence-corrected chi connectivity index (χ1v) is 3.11. The molecule has 4 heteroatoms. The summed E-state index contributed by atoms with van der Waals surface area (Å²) in [5, 5.41) is 3.07. The number of Topliss-reactive ketones (excluding diaryl/α,β-unsaturated/α-hetero) is 1.